The number of hydrogen-bond donors (Lipinski definition) is 4. The normalized spacial score (nSPS) is 14.2. The fraction of sp³-hybridized carbons (Fsp3) is 0.400. The van der Waals surface area contributed by atoms with Crippen molar-refractivity contribution in [3.63, 3.8) is 0 Å². The van der Waals surface area contributed by atoms with Crippen LogP contribution >= 0.6 is 0 Å². The van der Waals surface area contributed by atoms with E-state index in [0.717, 1.165) is 12.8 Å². The second-order valence-electron chi connectivity index (χ2n) is 6.39. The molecule has 0 saturated carbocycles. The van der Waals surface area contributed by atoms with Crippen LogP contribution in [0.3, 0.4) is 0 Å². The van der Waals surface area contributed by atoms with Crippen LogP contribution in [-0.2, 0) is 20.2 Å². The Kier molecular flexibility index (Phi) is 12.7. The van der Waals surface area contributed by atoms with E-state index in [1.54, 1.807) is 36.4 Å². The topological polar surface area (TPSA) is 149 Å². The minimum Gasteiger partial charge on any atom is -0.393 e. The van der Waals surface area contributed by atoms with Crippen molar-refractivity contribution in [1.82, 2.24) is 0 Å². The lowest BCUT2D eigenvalue weighted by Gasteiger charge is -2.21. The fourth-order valence-electron chi connectivity index (χ4n) is 2.18. The maximum atomic E-state index is 10.4. The molecule has 0 aromatic heterocycles. The van der Waals surface area contributed by atoms with Gasteiger partial charge in [0.15, 0.2) is 0 Å². The Morgan fingerprint density at radius 1 is 0.667 bits per heavy atom. The van der Waals surface area contributed by atoms with E-state index in [2.05, 4.69) is 0 Å². The van der Waals surface area contributed by atoms with Crippen LogP contribution in [0, 0.1) is 5.92 Å². The molecule has 2 atom stereocenters. The minimum absolute atomic E-state index is 0.00926. The summed E-state index contributed by atoms with van der Waals surface area (Å²) in [5.74, 6) is 0.00926. The van der Waals surface area contributed by atoms with Gasteiger partial charge in [0.1, 0.15) is 0 Å². The number of aliphatic hydroxyl groups excluding tert-OH is 2. The largest absolute Gasteiger partial charge is 0.393 e. The molecule has 2 unspecified atom stereocenters. The van der Waals surface area contributed by atoms with Crippen molar-refractivity contribution < 1.29 is 36.2 Å². The molecule has 0 aliphatic carbocycles. The maximum absolute atomic E-state index is 10.4. The lowest BCUT2D eigenvalue weighted by molar-refractivity contribution is 0.0186. The van der Waals surface area contributed by atoms with Gasteiger partial charge >= 0.3 is 0 Å². The molecule has 10 heteroatoms. The van der Waals surface area contributed by atoms with Crippen LogP contribution in [0.2, 0.25) is 0 Å². The number of rotatable bonds is 6. The van der Waals surface area contributed by atoms with Gasteiger partial charge < -0.3 is 10.2 Å². The standard InChI is InChI=1S/C8H18O2.2C6H6O3S/c1-4-7(9)6(3)8(10)5-2;2*7-10(8,9)6-4-2-1-3-5-6/h6-10H,4-5H2,1-3H3;2*1-5H,(H,7,8,9). The molecule has 0 aliphatic heterocycles. The van der Waals surface area contributed by atoms with E-state index in [1.807, 2.05) is 20.8 Å². The Labute approximate surface area is 178 Å². The summed E-state index contributed by atoms with van der Waals surface area (Å²) in [6, 6.07) is 14.8. The average Bonchev–Trinajstić information content (AvgIpc) is 2.73. The number of aliphatic hydroxyl groups is 2. The third-order valence-electron chi connectivity index (χ3n) is 4.13. The molecule has 0 amide bonds. The van der Waals surface area contributed by atoms with E-state index in [4.69, 9.17) is 9.11 Å². The second kappa shape index (κ2) is 13.5. The smallest absolute Gasteiger partial charge is 0.294 e. The van der Waals surface area contributed by atoms with E-state index < -0.39 is 20.2 Å². The van der Waals surface area contributed by atoms with E-state index >= 15 is 0 Å². The molecule has 0 bridgehead atoms. The molecule has 4 N–H and O–H groups in total. The van der Waals surface area contributed by atoms with E-state index in [-0.39, 0.29) is 27.9 Å². The van der Waals surface area contributed by atoms with Crippen molar-refractivity contribution in [2.45, 2.75) is 55.6 Å². The first-order chi connectivity index (χ1) is 13.8. The van der Waals surface area contributed by atoms with E-state index in [1.165, 1.54) is 24.3 Å². The summed E-state index contributed by atoms with van der Waals surface area (Å²) in [7, 11) is -8.01. The highest BCUT2D eigenvalue weighted by Crippen LogP contribution is 2.13. The average molecular weight is 463 g/mol. The summed E-state index contributed by atoms with van der Waals surface area (Å²) < 4.78 is 58.5. The molecule has 170 valence electrons. The molecule has 2 aromatic carbocycles. The fourth-order valence-corrected chi connectivity index (χ4v) is 3.19. The summed E-state index contributed by atoms with van der Waals surface area (Å²) in [6.07, 6.45) is 0.737. The zero-order valence-corrected chi connectivity index (χ0v) is 18.8. The zero-order valence-electron chi connectivity index (χ0n) is 17.2. The summed E-state index contributed by atoms with van der Waals surface area (Å²) in [5, 5.41) is 18.5. The minimum atomic E-state index is -4.00. The third-order valence-corrected chi connectivity index (χ3v) is 5.87. The second-order valence-corrected chi connectivity index (χ2v) is 9.23. The Hall–Kier alpha value is -1.82. The molecule has 0 radical (unpaired) electrons. The summed E-state index contributed by atoms with van der Waals surface area (Å²) in [5.41, 5.74) is 0. The van der Waals surface area contributed by atoms with E-state index in [0.29, 0.717) is 0 Å². The quantitative estimate of drug-likeness (QED) is 0.479. The van der Waals surface area contributed by atoms with E-state index in [9.17, 15) is 27.0 Å². The van der Waals surface area contributed by atoms with Crippen molar-refractivity contribution in [1.29, 1.82) is 0 Å². The Bertz CT molecular complexity index is 836. The first-order valence-electron chi connectivity index (χ1n) is 9.25. The molecule has 8 nitrogen and oxygen atoms in total. The van der Waals surface area contributed by atoms with Crippen LogP contribution in [0.4, 0.5) is 0 Å². The first kappa shape index (κ1) is 28.2. The molecule has 0 saturated heterocycles. The molecule has 2 aromatic rings. The van der Waals surface area contributed by atoms with Crippen molar-refractivity contribution >= 4 is 20.2 Å². The van der Waals surface area contributed by atoms with Crippen LogP contribution in [0.25, 0.3) is 0 Å². The summed E-state index contributed by atoms with van der Waals surface area (Å²) in [6.45, 7) is 5.72. The SMILES string of the molecule is CCC(O)C(C)C(O)CC.O=S(=O)(O)c1ccccc1.O=S(=O)(O)c1ccccc1. The molecule has 0 fully saturated rings. The van der Waals surface area contributed by atoms with Gasteiger partial charge in [-0.15, -0.1) is 0 Å². The first-order valence-corrected chi connectivity index (χ1v) is 12.1. The highest BCUT2D eigenvalue weighted by Gasteiger charge is 2.18. The van der Waals surface area contributed by atoms with Crippen molar-refractivity contribution in [2.75, 3.05) is 0 Å². The number of benzene rings is 2. The Morgan fingerprint density at radius 2 is 0.933 bits per heavy atom. The van der Waals surface area contributed by atoms with Crippen molar-refractivity contribution in [3.05, 3.63) is 60.7 Å². The molecular formula is C20H30O8S2. The van der Waals surface area contributed by atoms with Crippen LogP contribution < -0.4 is 0 Å². The predicted molar refractivity (Wildman–Crippen MR) is 114 cm³/mol. The van der Waals surface area contributed by atoms with Crippen LogP contribution in [0.15, 0.2) is 70.5 Å². The number of hydrogen-bond acceptors (Lipinski definition) is 6. The van der Waals surface area contributed by atoms with Gasteiger partial charge in [0.2, 0.25) is 0 Å². The van der Waals surface area contributed by atoms with Crippen molar-refractivity contribution in [2.24, 2.45) is 5.92 Å². The van der Waals surface area contributed by atoms with Crippen LogP contribution in [0.1, 0.15) is 33.6 Å². The van der Waals surface area contributed by atoms with Crippen LogP contribution in [0.5, 0.6) is 0 Å². The highest BCUT2D eigenvalue weighted by atomic mass is 32.2. The third kappa shape index (κ3) is 11.4. The molecule has 2 rings (SSSR count). The van der Waals surface area contributed by atoms with Gasteiger partial charge in [-0.1, -0.05) is 57.2 Å². The molecule has 30 heavy (non-hydrogen) atoms. The summed E-state index contributed by atoms with van der Waals surface area (Å²) in [4.78, 5) is -0.148. The molecule has 0 heterocycles. The van der Waals surface area contributed by atoms with Gasteiger partial charge in [-0.05, 0) is 37.1 Å². The zero-order chi connectivity index (χ0) is 23.4. The molecular weight excluding hydrogens is 432 g/mol. The maximum Gasteiger partial charge on any atom is 0.294 e. The highest BCUT2D eigenvalue weighted by molar-refractivity contribution is 7.86. The Balaban J connectivity index is 0.000000420. The molecule has 0 spiro atoms. The van der Waals surface area contributed by atoms with Gasteiger partial charge in [-0.3, -0.25) is 9.11 Å². The Morgan fingerprint density at radius 3 is 1.10 bits per heavy atom. The van der Waals surface area contributed by atoms with Gasteiger partial charge in [-0.25, -0.2) is 0 Å². The van der Waals surface area contributed by atoms with Gasteiger partial charge in [0.25, 0.3) is 20.2 Å². The van der Waals surface area contributed by atoms with Gasteiger partial charge in [0, 0.05) is 5.92 Å². The lowest BCUT2D eigenvalue weighted by atomic mass is 9.95. The summed E-state index contributed by atoms with van der Waals surface area (Å²) >= 11 is 0. The van der Waals surface area contributed by atoms with Crippen LogP contribution in [-0.4, -0.2) is 48.4 Å². The van der Waals surface area contributed by atoms with Gasteiger partial charge in [0.05, 0.1) is 22.0 Å². The molecule has 0 aliphatic rings. The van der Waals surface area contributed by atoms with Crippen molar-refractivity contribution in [3.8, 4) is 0 Å². The monoisotopic (exact) mass is 462 g/mol. The predicted octanol–water partition coefficient (Wildman–Crippen LogP) is 3.03. The lowest BCUT2D eigenvalue weighted by Crippen LogP contribution is -2.28. The van der Waals surface area contributed by atoms with Gasteiger partial charge in [-0.2, -0.15) is 16.8 Å².